The average molecular weight is 291 g/mol. The van der Waals surface area contributed by atoms with Gasteiger partial charge in [-0.3, -0.25) is 0 Å². The van der Waals surface area contributed by atoms with Gasteiger partial charge in [0.25, 0.3) is 0 Å². The number of hydrogen-bond donors (Lipinski definition) is 0. The number of carbonyl (C=O) groups is 1. The molecule has 0 bridgehead atoms. The maximum absolute atomic E-state index is 12.2. The van der Waals surface area contributed by atoms with Crippen LogP contribution in [0.1, 0.15) is 11.5 Å². The van der Waals surface area contributed by atoms with E-state index in [1.807, 2.05) is 84.0 Å². The van der Waals surface area contributed by atoms with Crippen LogP contribution in [0.25, 0.3) is 0 Å². The second kappa shape index (κ2) is 6.31. The SMILES string of the molecule is COC(=O)C1=CN(c2ccccc2)C=CC1c1ccccc1. The summed E-state index contributed by atoms with van der Waals surface area (Å²) in [5.41, 5.74) is 2.70. The lowest BCUT2D eigenvalue weighted by molar-refractivity contribution is -0.136. The first-order chi connectivity index (χ1) is 10.8. The number of ether oxygens (including phenoxy) is 1. The first-order valence-electron chi connectivity index (χ1n) is 7.16. The minimum absolute atomic E-state index is 0.0892. The van der Waals surface area contributed by atoms with Crippen molar-refractivity contribution in [3.63, 3.8) is 0 Å². The second-order valence-electron chi connectivity index (χ2n) is 5.05. The average Bonchev–Trinajstić information content (AvgIpc) is 2.62. The van der Waals surface area contributed by atoms with Crippen LogP contribution in [-0.4, -0.2) is 13.1 Å². The van der Waals surface area contributed by atoms with Crippen molar-refractivity contribution in [3.05, 3.63) is 90.3 Å². The first-order valence-corrected chi connectivity index (χ1v) is 7.16. The van der Waals surface area contributed by atoms with E-state index in [4.69, 9.17) is 4.74 Å². The highest BCUT2D eigenvalue weighted by atomic mass is 16.5. The Bertz CT molecular complexity index is 705. The Labute approximate surface area is 130 Å². The molecule has 22 heavy (non-hydrogen) atoms. The van der Waals surface area contributed by atoms with Gasteiger partial charge < -0.3 is 9.64 Å². The summed E-state index contributed by atoms with van der Waals surface area (Å²) in [7, 11) is 1.41. The number of benzene rings is 2. The predicted molar refractivity (Wildman–Crippen MR) is 87.3 cm³/mol. The van der Waals surface area contributed by atoms with Gasteiger partial charge in [0.2, 0.25) is 0 Å². The molecular weight excluding hydrogens is 274 g/mol. The van der Waals surface area contributed by atoms with Crippen molar-refractivity contribution >= 4 is 11.7 Å². The minimum atomic E-state index is -0.306. The number of allylic oxidation sites excluding steroid dienone is 1. The van der Waals surface area contributed by atoms with E-state index in [9.17, 15) is 4.79 Å². The second-order valence-corrected chi connectivity index (χ2v) is 5.05. The molecule has 1 atom stereocenters. The Morgan fingerprint density at radius 1 is 1.00 bits per heavy atom. The fourth-order valence-corrected chi connectivity index (χ4v) is 2.56. The molecule has 1 heterocycles. The van der Waals surface area contributed by atoms with Crippen LogP contribution in [0.5, 0.6) is 0 Å². The van der Waals surface area contributed by atoms with Gasteiger partial charge in [0.1, 0.15) is 0 Å². The third-order valence-electron chi connectivity index (χ3n) is 3.69. The van der Waals surface area contributed by atoms with E-state index in [2.05, 4.69) is 0 Å². The van der Waals surface area contributed by atoms with Crippen molar-refractivity contribution in [1.82, 2.24) is 0 Å². The van der Waals surface area contributed by atoms with Gasteiger partial charge in [0, 0.05) is 24.0 Å². The zero-order valence-corrected chi connectivity index (χ0v) is 12.3. The highest BCUT2D eigenvalue weighted by molar-refractivity contribution is 5.92. The summed E-state index contributed by atoms with van der Waals surface area (Å²) in [5.74, 6) is -0.396. The van der Waals surface area contributed by atoms with Crippen molar-refractivity contribution in [1.29, 1.82) is 0 Å². The molecule has 3 heteroatoms. The molecule has 1 aliphatic heterocycles. The summed E-state index contributed by atoms with van der Waals surface area (Å²) < 4.78 is 4.96. The number of hydrogen-bond acceptors (Lipinski definition) is 3. The van der Waals surface area contributed by atoms with E-state index < -0.39 is 0 Å². The van der Waals surface area contributed by atoms with Gasteiger partial charge in [0.05, 0.1) is 12.7 Å². The summed E-state index contributed by atoms with van der Waals surface area (Å²) in [6.07, 6.45) is 5.85. The molecular formula is C19H17NO2. The molecule has 0 saturated heterocycles. The number of esters is 1. The van der Waals surface area contributed by atoms with Gasteiger partial charge in [-0.05, 0) is 17.7 Å². The van der Waals surface area contributed by atoms with Gasteiger partial charge >= 0.3 is 5.97 Å². The molecule has 0 aliphatic carbocycles. The van der Waals surface area contributed by atoms with Crippen LogP contribution in [0.4, 0.5) is 5.69 Å². The molecule has 3 rings (SSSR count). The Morgan fingerprint density at radius 2 is 1.64 bits per heavy atom. The fourth-order valence-electron chi connectivity index (χ4n) is 2.56. The van der Waals surface area contributed by atoms with Gasteiger partial charge in [-0.15, -0.1) is 0 Å². The lowest BCUT2D eigenvalue weighted by Gasteiger charge is -2.26. The van der Waals surface area contributed by atoms with Crippen LogP contribution in [-0.2, 0) is 9.53 Å². The third-order valence-corrected chi connectivity index (χ3v) is 3.69. The molecule has 1 unspecified atom stereocenters. The number of rotatable bonds is 3. The molecule has 2 aromatic rings. The zero-order chi connectivity index (χ0) is 15.4. The molecule has 0 amide bonds. The van der Waals surface area contributed by atoms with Crippen molar-refractivity contribution in [2.75, 3.05) is 12.0 Å². The van der Waals surface area contributed by atoms with Gasteiger partial charge in [0.15, 0.2) is 0 Å². The van der Waals surface area contributed by atoms with Gasteiger partial charge in [-0.1, -0.05) is 54.6 Å². The molecule has 0 aromatic heterocycles. The maximum Gasteiger partial charge on any atom is 0.336 e. The van der Waals surface area contributed by atoms with Gasteiger partial charge in [-0.2, -0.15) is 0 Å². The number of methoxy groups -OCH3 is 1. The largest absolute Gasteiger partial charge is 0.466 e. The highest BCUT2D eigenvalue weighted by Gasteiger charge is 2.25. The van der Waals surface area contributed by atoms with Crippen LogP contribution in [0.3, 0.4) is 0 Å². The number of anilines is 1. The normalized spacial score (nSPS) is 17.0. The van der Waals surface area contributed by atoms with Crippen LogP contribution >= 0.6 is 0 Å². The van der Waals surface area contributed by atoms with Crippen LogP contribution < -0.4 is 4.90 Å². The van der Waals surface area contributed by atoms with Crippen molar-refractivity contribution in [3.8, 4) is 0 Å². The summed E-state index contributed by atoms with van der Waals surface area (Å²) in [6, 6.07) is 19.9. The molecule has 0 fully saturated rings. The Hall–Kier alpha value is -2.81. The maximum atomic E-state index is 12.2. The molecule has 110 valence electrons. The monoisotopic (exact) mass is 291 g/mol. The van der Waals surface area contributed by atoms with Crippen molar-refractivity contribution < 1.29 is 9.53 Å². The van der Waals surface area contributed by atoms with Crippen LogP contribution in [0.2, 0.25) is 0 Å². The van der Waals surface area contributed by atoms with Crippen LogP contribution in [0, 0.1) is 0 Å². The predicted octanol–water partition coefficient (Wildman–Crippen LogP) is 3.86. The van der Waals surface area contributed by atoms with E-state index >= 15 is 0 Å². The Balaban J connectivity index is 1.98. The van der Waals surface area contributed by atoms with E-state index in [0.29, 0.717) is 5.57 Å². The number of nitrogens with zero attached hydrogens (tertiary/aromatic N) is 1. The molecule has 0 N–H and O–H groups in total. The fraction of sp³-hybridized carbons (Fsp3) is 0.105. The topological polar surface area (TPSA) is 29.5 Å². The lowest BCUT2D eigenvalue weighted by atomic mass is 9.90. The third kappa shape index (κ3) is 2.79. The summed E-state index contributed by atoms with van der Waals surface area (Å²) in [6.45, 7) is 0. The van der Waals surface area contributed by atoms with Gasteiger partial charge in [-0.25, -0.2) is 4.79 Å². The molecule has 3 nitrogen and oxygen atoms in total. The summed E-state index contributed by atoms with van der Waals surface area (Å²) in [4.78, 5) is 14.1. The molecule has 2 aromatic carbocycles. The van der Waals surface area contributed by atoms with E-state index in [-0.39, 0.29) is 11.9 Å². The van der Waals surface area contributed by atoms with Crippen LogP contribution in [0.15, 0.2) is 84.7 Å². The Morgan fingerprint density at radius 3 is 2.27 bits per heavy atom. The van der Waals surface area contributed by atoms with Crippen molar-refractivity contribution in [2.45, 2.75) is 5.92 Å². The Kier molecular flexibility index (Phi) is 4.05. The summed E-state index contributed by atoms with van der Waals surface area (Å²) in [5, 5.41) is 0. The summed E-state index contributed by atoms with van der Waals surface area (Å²) >= 11 is 0. The molecule has 0 radical (unpaired) electrons. The zero-order valence-electron chi connectivity index (χ0n) is 12.3. The molecule has 0 saturated carbocycles. The minimum Gasteiger partial charge on any atom is -0.466 e. The van der Waals surface area contributed by atoms with E-state index in [1.54, 1.807) is 0 Å². The molecule has 1 aliphatic rings. The smallest absolute Gasteiger partial charge is 0.336 e. The quantitative estimate of drug-likeness (QED) is 0.804. The molecule has 0 spiro atoms. The standard InChI is InChI=1S/C19H17NO2/c1-22-19(21)18-14-20(16-10-6-3-7-11-16)13-12-17(18)15-8-4-2-5-9-15/h2-14,17H,1H3. The number of carbonyl (C=O) groups excluding carboxylic acids is 1. The first kappa shape index (κ1) is 14.1. The lowest BCUT2D eigenvalue weighted by Crippen LogP contribution is -2.21. The van der Waals surface area contributed by atoms with E-state index in [1.165, 1.54) is 7.11 Å². The number of para-hydroxylation sites is 1. The highest BCUT2D eigenvalue weighted by Crippen LogP contribution is 2.32. The van der Waals surface area contributed by atoms with Crippen molar-refractivity contribution in [2.24, 2.45) is 0 Å². The van der Waals surface area contributed by atoms with E-state index in [0.717, 1.165) is 11.3 Å².